The van der Waals surface area contributed by atoms with Gasteiger partial charge in [0, 0.05) is 24.3 Å². The molecule has 2 aliphatic rings. The second-order valence-electron chi connectivity index (χ2n) is 6.95. The molecule has 8 nitrogen and oxygen atoms in total. The summed E-state index contributed by atoms with van der Waals surface area (Å²) in [5.74, 6) is 0.676. The summed E-state index contributed by atoms with van der Waals surface area (Å²) in [5.41, 5.74) is 8.18. The fourth-order valence-corrected chi connectivity index (χ4v) is 4.82. The number of nitrogens with two attached hydrogens (primary N) is 2. The minimum atomic E-state index is -3.89. The highest BCUT2D eigenvalue weighted by Crippen LogP contribution is 2.34. The van der Waals surface area contributed by atoms with Crippen LogP contribution in [0.4, 0.5) is 5.69 Å². The zero-order chi connectivity index (χ0) is 18.7. The van der Waals surface area contributed by atoms with Gasteiger partial charge >= 0.3 is 0 Å². The summed E-state index contributed by atoms with van der Waals surface area (Å²) in [6.45, 7) is 4.49. The molecule has 0 radical (unpaired) electrons. The minimum Gasteiger partial charge on any atom is -0.371 e. The van der Waals surface area contributed by atoms with Crippen LogP contribution in [0, 0.1) is 12.8 Å². The molecule has 0 aliphatic carbocycles. The molecular formula is C17H26N6O2S. The summed E-state index contributed by atoms with van der Waals surface area (Å²) in [7, 11) is -3.89. The van der Waals surface area contributed by atoms with E-state index in [1.54, 1.807) is 6.92 Å². The van der Waals surface area contributed by atoms with Gasteiger partial charge < -0.3 is 10.6 Å². The molecule has 0 saturated carbocycles. The van der Waals surface area contributed by atoms with Crippen LogP contribution in [-0.2, 0) is 10.0 Å². The number of aryl methyl sites for hydroxylation is 1. The molecule has 26 heavy (non-hydrogen) atoms. The fourth-order valence-electron chi connectivity index (χ4n) is 3.80. The van der Waals surface area contributed by atoms with Crippen molar-refractivity contribution in [3.63, 3.8) is 0 Å². The van der Waals surface area contributed by atoms with Gasteiger partial charge in [0.15, 0.2) is 0 Å². The lowest BCUT2D eigenvalue weighted by Crippen LogP contribution is -2.35. The summed E-state index contributed by atoms with van der Waals surface area (Å²) < 4.78 is 24.5. The Hall–Kier alpha value is -1.84. The van der Waals surface area contributed by atoms with Crippen LogP contribution in [0.3, 0.4) is 0 Å². The number of sulfonamides is 1. The van der Waals surface area contributed by atoms with E-state index < -0.39 is 10.0 Å². The molecule has 9 heteroatoms. The molecule has 0 bridgehead atoms. The molecule has 0 atom stereocenters. The lowest BCUT2D eigenvalue weighted by molar-refractivity contribution is 0.375. The van der Waals surface area contributed by atoms with Crippen molar-refractivity contribution in [2.24, 2.45) is 32.2 Å². The standard InChI is InChI=1S/C17H26N6O2S/c1-12-4-5-15(23-9-6-13(7-10-23)3-2-8-18)16(14-11-20-22-21-14)17(12)26(19,24)25/h4-5,13H,2-3,6-11,18H2,1H3,(H2,19,24,25). The molecule has 0 unspecified atom stereocenters. The van der Waals surface area contributed by atoms with Gasteiger partial charge in [0.1, 0.15) is 6.54 Å². The maximum atomic E-state index is 12.3. The van der Waals surface area contributed by atoms with Gasteiger partial charge in [-0.3, -0.25) is 0 Å². The first-order valence-electron chi connectivity index (χ1n) is 8.97. The Morgan fingerprint density at radius 1 is 1.27 bits per heavy atom. The summed E-state index contributed by atoms with van der Waals surface area (Å²) >= 11 is 0. The van der Waals surface area contributed by atoms with Crippen LogP contribution in [0.1, 0.15) is 36.8 Å². The quantitative estimate of drug-likeness (QED) is 0.782. The van der Waals surface area contributed by atoms with E-state index in [9.17, 15) is 8.42 Å². The Labute approximate surface area is 154 Å². The average molecular weight is 379 g/mol. The first-order chi connectivity index (χ1) is 12.4. The molecule has 2 aliphatic heterocycles. The van der Waals surface area contributed by atoms with Crippen LogP contribution in [0.15, 0.2) is 32.5 Å². The molecule has 3 rings (SSSR count). The number of piperidine rings is 1. The summed E-state index contributed by atoms with van der Waals surface area (Å²) in [6, 6.07) is 3.77. The van der Waals surface area contributed by atoms with Crippen molar-refractivity contribution in [1.29, 1.82) is 0 Å². The molecule has 0 aromatic heterocycles. The molecule has 1 saturated heterocycles. The van der Waals surface area contributed by atoms with E-state index in [1.807, 2.05) is 12.1 Å². The molecule has 0 spiro atoms. The summed E-state index contributed by atoms with van der Waals surface area (Å²) in [5, 5.41) is 17.1. The van der Waals surface area contributed by atoms with Gasteiger partial charge in [0.25, 0.3) is 0 Å². The third kappa shape index (κ3) is 3.94. The molecule has 2 heterocycles. The molecule has 4 N–H and O–H groups in total. The fraction of sp³-hybridized carbons (Fsp3) is 0.588. The van der Waals surface area contributed by atoms with E-state index in [-0.39, 0.29) is 11.4 Å². The highest BCUT2D eigenvalue weighted by atomic mass is 32.2. The first-order valence-corrected chi connectivity index (χ1v) is 10.5. The Kier molecular flexibility index (Phi) is 5.69. The zero-order valence-corrected chi connectivity index (χ0v) is 15.9. The van der Waals surface area contributed by atoms with Crippen molar-refractivity contribution in [1.82, 2.24) is 0 Å². The number of hydrogen-bond donors (Lipinski definition) is 2. The number of primary sulfonamides is 1. The van der Waals surface area contributed by atoms with E-state index in [0.717, 1.165) is 51.0 Å². The van der Waals surface area contributed by atoms with Crippen molar-refractivity contribution < 1.29 is 8.42 Å². The minimum absolute atomic E-state index is 0.131. The summed E-state index contributed by atoms with van der Waals surface area (Å²) in [6.07, 6.45) is 4.34. The molecule has 1 fully saturated rings. The third-order valence-corrected chi connectivity index (χ3v) is 6.22. The van der Waals surface area contributed by atoms with Crippen molar-refractivity contribution in [3.05, 3.63) is 23.3 Å². The lowest BCUT2D eigenvalue weighted by Gasteiger charge is -2.35. The maximum absolute atomic E-state index is 12.3. The zero-order valence-electron chi connectivity index (χ0n) is 15.1. The topological polar surface area (TPSA) is 126 Å². The van der Waals surface area contributed by atoms with Gasteiger partial charge in [0.2, 0.25) is 10.0 Å². The van der Waals surface area contributed by atoms with Crippen LogP contribution < -0.4 is 15.8 Å². The smallest absolute Gasteiger partial charge is 0.239 e. The Bertz CT molecular complexity index is 826. The Balaban J connectivity index is 1.95. The predicted octanol–water partition coefficient (Wildman–Crippen LogP) is 1.77. The van der Waals surface area contributed by atoms with E-state index in [4.69, 9.17) is 10.9 Å². The summed E-state index contributed by atoms with van der Waals surface area (Å²) in [4.78, 5) is 2.36. The van der Waals surface area contributed by atoms with Crippen molar-refractivity contribution >= 4 is 21.4 Å². The molecule has 0 amide bonds. The van der Waals surface area contributed by atoms with Crippen molar-refractivity contribution in [3.8, 4) is 0 Å². The molecular weight excluding hydrogens is 352 g/mol. The van der Waals surface area contributed by atoms with Gasteiger partial charge in [-0.15, -0.1) is 5.10 Å². The second-order valence-corrected chi connectivity index (χ2v) is 8.45. The van der Waals surface area contributed by atoms with Crippen LogP contribution in [0.5, 0.6) is 0 Å². The Morgan fingerprint density at radius 2 is 2.00 bits per heavy atom. The van der Waals surface area contributed by atoms with Crippen LogP contribution in [0.25, 0.3) is 0 Å². The van der Waals surface area contributed by atoms with Gasteiger partial charge in [-0.25, -0.2) is 13.6 Å². The highest BCUT2D eigenvalue weighted by molar-refractivity contribution is 7.89. The van der Waals surface area contributed by atoms with E-state index in [1.165, 1.54) is 0 Å². The number of anilines is 1. The van der Waals surface area contributed by atoms with Crippen molar-refractivity contribution in [2.75, 3.05) is 31.1 Å². The van der Waals surface area contributed by atoms with Crippen molar-refractivity contribution in [2.45, 2.75) is 37.5 Å². The van der Waals surface area contributed by atoms with Crippen LogP contribution in [-0.4, -0.2) is 40.3 Å². The SMILES string of the molecule is Cc1ccc(N2CCC(CCCN)CC2)c(C2=NN=NC2)c1S(N)(=O)=O. The van der Waals surface area contributed by atoms with E-state index >= 15 is 0 Å². The number of nitrogens with zero attached hydrogens (tertiary/aromatic N) is 4. The lowest BCUT2D eigenvalue weighted by atomic mass is 9.91. The van der Waals surface area contributed by atoms with E-state index in [0.29, 0.717) is 22.8 Å². The molecule has 142 valence electrons. The second kappa shape index (κ2) is 7.81. The van der Waals surface area contributed by atoms with Crippen LogP contribution >= 0.6 is 0 Å². The largest absolute Gasteiger partial charge is 0.371 e. The van der Waals surface area contributed by atoms with E-state index in [2.05, 4.69) is 20.3 Å². The molecule has 1 aromatic carbocycles. The predicted molar refractivity (Wildman–Crippen MR) is 102 cm³/mol. The maximum Gasteiger partial charge on any atom is 0.239 e. The van der Waals surface area contributed by atoms with Crippen LogP contribution in [0.2, 0.25) is 0 Å². The molecule has 1 aromatic rings. The Morgan fingerprint density at radius 3 is 2.58 bits per heavy atom. The normalized spacial score (nSPS) is 18.4. The van der Waals surface area contributed by atoms with Gasteiger partial charge in [0.05, 0.1) is 10.6 Å². The number of benzene rings is 1. The van der Waals surface area contributed by atoms with Gasteiger partial charge in [-0.05, 0) is 61.9 Å². The first kappa shape index (κ1) is 18.9. The van der Waals surface area contributed by atoms with Gasteiger partial charge in [-0.1, -0.05) is 6.07 Å². The average Bonchev–Trinajstić information content (AvgIpc) is 3.13. The number of hydrogen-bond acceptors (Lipinski definition) is 7. The third-order valence-electron chi connectivity index (χ3n) is 5.13. The monoisotopic (exact) mass is 378 g/mol. The number of rotatable bonds is 6. The highest BCUT2D eigenvalue weighted by Gasteiger charge is 2.29. The van der Waals surface area contributed by atoms with Gasteiger partial charge in [-0.2, -0.15) is 5.11 Å².